The highest BCUT2D eigenvalue weighted by Gasteiger charge is 2.57. The van der Waals surface area contributed by atoms with Crippen LogP contribution in [0, 0.1) is 23.2 Å². The maximum Gasteiger partial charge on any atom is 0.334 e. The lowest BCUT2D eigenvalue weighted by Crippen LogP contribution is -2.53. The van der Waals surface area contributed by atoms with Crippen molar-refractivity contribution in [2.75, 3.05) is 25.0 Å². The average molecular weight is 407 g/mol. The zero-order valence-corrected chi connectivity index (χ0v) is 16.9. The first kappa shape index (κ1) is 20.4. The molecule has 0 aromatic rings. The third kappa shape index (κ3) is 3.79. The molecule has 2 saturated heterocycles. The van der Waals surface area contributed by atoms with Gasteiger partial charge in [-0.05, 0) is 24.7 Å². The van der Waals surface area contributed by atoms with Gasteiger partial charge in [-0.15, -0.1) is 23.2 Å². The van der Waals surface area contributed by atoms with Crippen LogP contribution in [-0.2, 0) is 23.7 Å². The predicted octanol–water partition coefficient (Wildman–Crippen LogP) is 3.72. The first-order valence-electron chi connectivity index (χ1n) is 9.31. The van der Waals surface area contributed by atoms with Gasteiger partial charge in [-0.3, -0.25) is 0 Å². The summed E-state index contributed by atoms with van der Waals surface area (Å²) >= 11 is 11.6. The summed E-state index contributed by atoms with van der Waals surface area (Å²) in [5.41, 5.74) is 0.295. The van der Waals surface area contributed by atoms with E-state index in [-0.39, 0.29) is 29.7 Å². The van der Waals surface area contributed by atoms with Crippen LogP contribution in [0.5, 0.6) is 0 Å². The Morgan fingerprint density at radius 2 is 1.92 bits per heavy atom. The molecule has 2 heterocycles. The van der Waals surface area contributed by atoms with Crippen LogP contribution < -0.4 is 0 Å². The Kier molecular flexibility index (Phi) is 6.56. The molecule has 1 saturated carbocycles. The molecule has 5 nitrogen and oxygen atoms in total. The molecule has 0 amide bonds. The summed E-state index contributed by atoms with van der Waals surface area (Å²) < 4.78 is 23.6. The van der Waals surface area contributed by atoms with Gasteiger partial charge in [-0.1, -0.05) is 20.4 Å². The van der Waals surface area contributed by atoms with Gasteiger partial charge in [-0.25, -0.2) is 4.79 Å². The van der Waals surface area contributed by atoms with E-state index in [1.54, 1.807) is 0 Å². The number of fused-ring (bicyclic) bond motifs is 2. The molecular formula is C19H28Cl2O5. The normalized spacial score (nSPS) is 42.8. The highest BCUT2D eigenvalue weighted by Crippen LogP contribution is 2.55. The number of halogens is 2. The second-order valence-corrected chi connectivity index (χ2v) is 8.61. The molecule has 0 unspecified atom stereocenters. The lowest BCUT2D eigenvalue weighted by Gasteiger charge is -2.50. The number of alkyl halides is 2. The monoisotopic (exact) mass is 406 g/mol. The molecule has 7 heteroatoms. The lowest BCUT2D eigenvalue weighted by atomic mass is 9.65. The number of hydrogen-bond acceptors (Lipinski definition) is 5. The van der Waals surface area contributed by atoms with E-state index in [0.717, 1.165) is 19.3 Å². The highest BCUT2D eigenvalue weighted by molar-refractivity contribution is 6.18. The number of carbonyl (C=O) groups is 1. The molecule has 3 aliphatic rings. The Bertz CT molecular complexity index is 542. The molecule has 0 radical (unpaired) electrons. The smallest absolute Gasteiger partial charge is 0.334 e. The van der Waals surface area contributed by atoms with Crippen molar-refractivity contribution in [2.24, 2.45) is 23.2 Å². The third-order valence-corrected chi connectivity index (χ3v) is 6.51. The van der Waals surface area contributed by atoms with Crippen LogP contribution in [-0.4, -0.2) is 49.6 Å². The molecule has 0 spiro atoms. The molecule has 1 aliphatic carbocycles. The van der Waals surface area contributed by atoms with Crippen molar-refractivity contribution in [3.05, 3.63) is 12.2 Å². The predicted molar refractivity (Wildman–Crippen MR) is 99.1 cm³/mol. The van der Waals surface area contributed by atoms with Gasteiger partial charge in [0.05, 0.1) is 13.2 Å². The van der Waals surface area contributed by atoms with Crippen LogP contribution in [0.15, 0.2) is 12.2 Å². The SMILES string of the molecule is C=C1C(=O)O[C@H]2C[C@@H](C)[C@H]3C[C@H](OCCCl)O[C@H](OCCCl)[C@]3(C)C[C@@H]12. The summed E-state index contributed by atoms with van der Waals surface area (Å²) in [7, 11) is 0. The van der Waals surface area contributed by atoms with Crippen LogP contribution >= 0.6 is 23.2 Å². The molecule has 0 N–H and O–H groups in total. The van der Waals surface area contributed by atoms with E-state index in [2.05, 4.69) is 20.4 Å². The quantitative estimate of drug-likeness (QED) is 0.382. The zero-order valence-electron chi connectivity index (χ0n) is 15.4. The number of esters is 1. The van der Waals surface area contributed by atoms with Crippen molar-refractivity contribution in [3.8, 4) is 0 Å². The van der Waals surface area contributed by atoms with E-state index < -0.39 is 6.29 Å². The van der Waals surface area contributed by atoms with Gasteiger partial charge in [0, 0.05) is 35.1 Å². The summed E-state index contributed by atoms with van der Waals surface area (Å²) in [5.74, 6) is 1.20. The standard InChI is InChI=1S/C19H28Cl2O5/c1-11-8-15-13(12(2)17(22)25-15)10-19(3)14(11)9-16(23-6-4-20)26-18(19)24-7-5-21/h11,13-16,18H,2,4-10H2,1,3H3/t11-,13+,14-,15+,16-,18+,19-/m1/s1. The number of hydrogen-bond donors (Lipinski definition) is 0. The second-order valence-electron chi connectivity index (χ2n) is 7.86. The summed E-state index contributed by atoms with van der Waals surface area (Å²) in [6.45, 7) is 9.21. The van der Waals surface area contributed by atoms with Crippen LogP contribution in [0.2, 0.25) is 0 Å². The minimum Gasteiger partial charge on any atom is -0.458 e. The molecule has 26 heavy (non-hydrogen) atoms. The second kappa shape index (κ2) is 8.36. The van der Waals surface area contributed by atoms with Crippen molar-refractivity contribution in [1.29, 1.82) is 0 Å². The van der Waals surface area contributed by atoms with E-state index in [4.69, 9.17) is 42.1 Å². The zero-order chi connectivity index (χ0) is 18.9. The van der Waals surface area contributed by atoms with E-state index in [0.29, 0.717) is 42.4 Å². The fourth-order valence-corrected chi connectivity index (χ4v) is 5.12. The van der Waals surface area contributed by atoms with E-state index in [1.165, 1.54) is 0 Å². The van der Waals surface area contributed by atoms with Gasteiger partial charge >= 0.3 is 5.97 Å². The Balaban J connectivity index is 1.87. The van der Waals surface area contributed by atoms with E-state index in [1.807, 2.05) is 0 Å². The molecule has 7 atom stereocenters. The van der Waals surface area contributed by atoms with Crippen molar-refractivity contribution in [2.45, 2.75) is 51.8 Å². The Morgan fingerprint density at radius 1 is 1.23 bits per heavy atom. The lowest BCUT2D eigenvalue weighted by molar-refractivity contribution is -0.328. The fourth-order valence-electron chi connectivity index (χ4n) is 4.94. The Labute approximate surface area is 165 Å². The van der Waals surface area contributed by atoms with Crippen molar-refractivity contribution >= 4 is 29.2 Å². The molecular weight excluding hydrogens is 379 g/mol. The molecule has 0 aromatic heterocycles. The van der Waals surface area contributed by atoms with Gasteiger partial charge in [0.25, 0.3) is 0 Å². The van der Waals surface area contributed by atoms with Gasteiger partial charge < -0.3 is 18.9 Å². The summed E-state index contributed by atoms with van der Waals surface area (Å²) in [6, 6.07) is 0. The maximum absolute atomic E-state index is 12.0. The molecule has 3 fully saturated rings. The molecule has 0 bridgehead atoms. The minimum atomic E-state index is -0.454. The number of rotatable bonds is 6. The maximum atomic E-state index is 12.0. The van der Waals surface area contributed by atoms with Gasteiger partial charge in [0.1, 0.15) is 6.10 Å². The van der Waals surface area contributed by atoms with Crippen molar-refractivity contribution < 1.29 is 23.7 Å². The average Bonchev–Trinajstić information content (AvgIpc) is 2.80. The molecule has 148 valence electrons. The van der Waals surface area contributed by atoms with E-state index >= 15 is 0 Å². The summed E-state index contributed by atoms with van der Waals surface area (Å²) in [6.07, 6.45) is 1.42. The Morgan fingerprint density at radius 3 is 2.62 bits per heavy atom. The fraction of sp³-hybridized carbons (Fsp3) is 0.842. The van der Waals surface area contributed by atoms with Crippen LogP contribution in [0.3, 0.4) is 0 Å². The number of ether oxygens (including phenoxy) is 4. The van der Waals surface area contributed by atoms with Crippen LogP contribution in [0.4, 0.5) is 0 Å². The molecule has 2 aliphatic heterocycles. The summed E-state index contributed by atoms with van der Waals surface area (Å²) in [5, 5.41) is 0. The third-order valence-electron chi connectivity index (χ3n) is 6.20. The van der Waals surface area contributed by atoms with Crippen LogP contribution in [0.1, 0.15) is 33.1 Å². The first-order valence-corrected chi connectivity index (χ1v) is 10.4. The highest BCUT2D eigenvalue weighted by atomic mass is 35.5. The van der Waals surface area contributed by atoms with Crippen molar-refractivity contribution in [3.63, 3.8) is 0 Å². The van der Waals surface area contributed by atoms with Gasteiger partial charge in [-0.2, -0.15) is 0 Å². The molecule has 0 aromatic carbocycles. The first-order chi connectivity index (χ1) is 12.4. The largest absolute Gasteiger partial charge is 0.458 e. The summed E-state index contributed by atoms with van der Waals surface area (Å²) in [4.78, 5) is 12.0. The van der Waals surface area contributed by atoms with Crippen LogP contribution in [0.25, 0.3) is 0 Å². The van der Waals surface area contributed by atoms with Gasteiger partial charge in [0.2, 0.25) is 0 Å². The van der Waals surface area contributed by atoms with Crippen molar-refractivity contribution in [1.82, 2.24) is 0 Å². The molecule has 3 rings (SSSR count). The van der Waals surface area contributed by atoms with E-state index in [9.17, 15) is 4.79 Å². The Hall–Kier alpha value is -0.330. The minimum absolute atomic E-state index is 0.00552. The number of carbonyl (C=O) groups excluding carboxylic acids is 1. The van der Waals surface area contributed by atoms with Gasteiger partial charge in [0.15, 0.2) is 12.6 Å². The topological polar surface area (TPSA) is 54.0 Å².